The van der Waals surface area contributed by atoms with Crippen molar-refractivity contribution in [1.29, 1.82) is 0 Å². The summed E-state index contributed by atoms with van der Waals surface area (Å²) in [6.07, 6.45) is 0. The van der Waals surface area contributed by atoms with Crippen LogP contribution in [0.25, 0.3) is 0 Å². The summed E-state index contributed by atoms with van der Waals surface area (Å²) < 4.78 is 38.5. The summed E-state index contributed by atoms with van der Waals surface area (Å²) >= 11 is 0. The summed E-state index contributed by atoms with van der Waals surface area (Å²) in [6.45, 7) is 7.19. The van der Waals surface area contributed by atoms with Crippen molar-refractivity contribution in [3.63, 3.8) is 0 Å². The number of methoxy groups -OCH3 is 1. The molecule has 0 saturated carbocycles. The minimum absolute atomic E-state index is 0.215. The van der Waals surface area contributed by atoms with Crippen LogP contribution in [-0.2, 0) is 14.8 Å². The maximum absolute atomic E-state index is 12.9. The monoisotopic (exact) mass is 377 g/mol. The number of hydrogen-bond donors (Lipinski definition) is 1. The fraction of sp³-hybridized carbons (Fsp3) is 0.316. The molecule has 0 unspecified atom stereocenters. The van der Waals surface area contributed by atoms with E-state index in [-0.39, 0.29) is 11.5 Å². The largest absolute Gasteiger partial charge is 0.497 e. The molecule has 0 aliphatic rings. The van der Waals surface area contributed by atoms with E-state index < -0.39 is 16.0 Å². The van der Waals surface area contributed by atoms with Gasteiger partial charge in [-0.1, -0.05) is 0 Å². The summed E-state index contributed by atoms with van der Waals surface area (Å²) in [4.78, 5) is 12.0. The van der Waals surface area contributed by atoms with Crippen LogP contribution >= 0.6 is 0 Å². The zero-order valence-electron chi connectivity index (χ0n) is 15.5. The van der Waals surface area contributed by atoms with Crippen molar-refractivity contribution in [2.24, 2.45) is 0 Å². The molecule has 0 amide bonds. The second-order valence-electron chi connectivity index (χ2n) is 5.95. The highest BCUT2D eigenvalue weighted by molar-refractivity contribution is 7.92. The highest BCUT2D eigenvalue weighted by Crippen LogP contribution is 2.28. The first-order chi connectivity index (χ1) is 12.2. The number of ether oxygens (including phenoxy) is 2. The number of aryl methyl sites for hydroxylation is 3. The van der Waals surface area contributed by atoms with Crippen LogP contribution in [0.4, 0.5) is 5.69 Å². The Morgan fingerprint density at radius 2 is 1.65 bits per heavy atom. The number of carbonyl (C=O) groups excluding carboxylic acids is 1. The van der Waals surface area contributed by atoms with E-state index in [1.54, 1.807) is 52.0 Å². The van der Waals surface area contributed by atoms with Crippen molar-refractivity contribution in [3.05, 3.63) is 52.6 Å². The Kier molecular flexibility index (Phi) is 5.92. The maximum Gasteiger partial charge on any atom is 0.338 e. The molecule has 0 bridgehead atoms. The minimum atomic E-state index is -3.79. The summed E-state index contributed by atoms with van der Waals surface area (Å²) in [5, 5.41) is 0. The van der Waals surface area contributed by atoms with Gasteiger partial charge in [-0.05, 0) is 74.7 Å². The first kappa shape index (κ1) is 19.8. The summed E-state index contributed by atoms with van der Waals surface area (Å²) in [5.74, 6) is 0.167. The lowest BCUT2D eigenvalue weighted by atomic mass is 10.1. The number of anilines is 1. The van der Waals surface area contributed by atoms with Gasteiger partial charge in [-0.2, -0.15) is 0 Å². The molecule has 0 aliphatic carbocycles. The Hall–Kier alpha value is -2.54. The van der Waals surface area contributed by atoms with Crippen LogP contribution in [0.15, 0.2) is 35.2 Å². The van der Waals surface area contributed by atoms with E-state index in [0.29, 0.717) is 33.7 Å². The minimum Gasteiger partial charge on any atom is -0.497 e. The Labute approximate surface area is 154 Å². The van der Waals surface area contributed by atoms with Crippen LogP contribution in [0.3, 0.4) is 0 Å². The van der Waals surface area contributed by atoms with Gasteiger partial charge >= 0.3 is 5.97 Å². The van der Waals surface area contributed by atoms with E-state index in [2.05, 4.69) is 4.72 Å². The molecular weight excluding hydrogens is 354 g/mol. The SMILES string of the molecule is CCOC(=O)c1ccc(NS(=O)(=O)c2c(C)cc(OC)cc2C)c(C)c1. The van der Waals surface area contributed by atoms with Gasteiger partial charge in [0, 0.05) is 0 Å². The van der Waals surface area contributed by atoms with E-state index in [0.717, 1.165) is 0 Å². The Morgan fingerprint density at radius 1 is 1.04 bits per heavy atom. The zero-order valence-corrected chi connectivity index (χ0v) is 16.4. The zero-order chi connectivity index (χ0) is 19.5. The Morgan fingerprint density at radius 3 is 2.15 bits per heavy atom. The van der Waals surface area contributed by atoms with Gasteiger partial charge in [0.25, 0.3) is 10.0 Å². The molecule has 0 radical (unpaired) electrons. The highest BCUT2D eigenvalue weighted by atomic mass is 32.2. The van der Waals surface area contributed by atoms with Gasteiger partial charge in [-0.3, -0.25) is 4.72 Å². The lowest BCUT2D eigenvalue weighted by Crippen LogP contribution is -2.17. The molecule has 140 valence electrons. The van der Waals surface area contributed by atoms with Crippen LogP contribution in [0.5, 0.6) is 5.75 Å². The van der Waals surface area contributed by atoms with Crippen molar-refractivity contribution < 1.29 is 22.7 Å². The normalized spacial score (nSPS) is 11.1. The van der Waals surface area contributed by atoms with Crippen LogP contribution < -0.4 is 9.46 Å². The molecule has 2 aromatic carbocycles. The number of esters is 1. The fourth-order valence-corrected chi connectivity index (χ4v) is 4.35. The van der Waals surface area contributed by atoms with E-state index in [4.69, 9.17) is 9.47 Å². The molecule has 0 spiro atoms. The lowest BCUT2D eigenvalue weighted by Gasteiger charge is -2.16. The average molecular weight is 377 g/mol. The van der Waals surface area contributed by atoms with Gasteiger partial charge in [-0.25, -0.2) is 13.2 Å². The smallest absolute Gasteiger partial charge is 0.338 e. The fourth-order valence-electron chi connectivity index (χ4n) is 2.77. The molecule has 0 saturated heterocycles. The third-order valence-corrected chi connectivity index (χ3v) is 5.59. The molecular formula is C19H23NO5S. The van der Waals surface area contributed by atoms with Crippen molar-refractivity contribution in [2.45, 2.75) is 32.6 Å². The molecule has 2 rings (SSSR count). The quantitative estimate of drug-likeness (QED) is 0.778. The number of hydrogen-bond acceptors (Lipinski definition) is 5. The molecule has 2 aromatic rings. The average Bonchev–Trinajstić information content (AvgIpc) is 2.55. The number of sulfonamides is 1. The molecule has 0 atom stereocenters. The van der Waals surface area contributed by atoms with Crippen molar-refractivity contribution in [2.75, 3.05) is 18.4 Å². The van der Waals surface area contributed by atoms with Crippen LogP contribution in [-0.4, -0.2) is 28.1 Å². The molecule has 7 heteroatoms. The summed E-state index contributed by atoms with van der Waals surface area (Å²) in [6, 6.07) is 8.06. The van der Waals surface area contributed by atoms with Crippen molar-refractivity contribution in [1.82, 2.24) is 0 Å². The van der Waals surface area contributed by atoms with Crippen LogP contribution in [0.1, 0.15) is 34.0 Å². The molecule has 0 heterocycles. The van der Waals surface area contributed by atoms with Crippen LogP contribution in [0, 0.1) is 20.8 Å². The first-order valence-electron chi connectivity index (χ1n) is 8.15. The number of nitrogens with one attached hydrogen (secondary N) is 1. The first-order valence-corrected chi connectivity index (χ1v) is 9.63. The van der Waals surface area contributed by atoms with Gasteiger partial charge in [0.15, 0.2) is 0 Å². The van der Waals surface area contributed by atoms with Gasteiger partial charge in [0.1, 0.15) is 5.75 Å². The van der Waals surface area contributed by atoms with E-state index in [1.165, 1.54) is 13.2 Å². The Balaban J connectivity index is 2.37. The third-order valence-electron chi connectivity index (χ3n) is 3.92. The van der Waals surface area contributed by atoms with Gasteiger partial charge in [0.2, 0.25) is 0 Å². The van der Waals surface area contributed by atoms with Crippen LogP contribution in [0.2, 0.25) is 0 Å². The number of carbonyl (C=O) groups is 1. The van der Waals surface area contributed by atoms with E-state index >= 15 is 0 Å². The molecule has 1 N–H and O–H groups in total. The molecule has 0 aromatic heterocycles. The highest BCUT2D eigenvalue weighted by Gasteiger charge is 2.21. The number of rotatable bonds is 6. The molecule has 0 fully saturated rings. The van der Waals surface area contributed by atoms with E-state index in [1.807, 2.05) is 0 Å². The van der Waals surface area contributed by atoms with Gasteiger partial charge < -0.3 is 9.47 Å². The molecule has 0 aliphatic heterocycles. The Bertz CT molecular complexity index is 912. The lowest BCUT2D eigenvalue weighted by molar-refractivity contribution is 0.0526. The van der Waals surface area contributed by atoms with Gasteiger partial charge in [0.05, 0.1) is 29.9 Å². The predicted molar refractivity (Wildman–Crippen MR) is 100 cm³/mol. The van der Waals surface area contributed by atoms with E-state index in [9.17, 15) is 13.2 Å². The third kappa shape index (κ3) is 4.16. The molecule has 26 heavy (non-hydrogen) atoms. The number of benzene rings is 2. The predicted octanol–water partition coefficient (Wildman–Crippen LogP) is 3.60. The second-order valence-corrected chi connectivity index (χ2v) is 7.57. The topological polar surface area (TPSA) is 81.7 Å². The summed E-state index contributed by atoms with van der Waals surface area (Å²) in [5.41, 5.74) is 2.60. The second kappa shape index (κ2) is 7.78. The standard InChI is InChI=1S/C19H23NO5S/c1-6-25-19(21)15-7-8-17(12(2)9-15)20-26(22,23)18-13(3)10-16(24-5)11-14(18)4/h7-11,20H,6H2,1-5H3. The maximum atomic E-state index is 12.9. The summed E-state index contributed by atoms with van der Waals surface area (Å²) in [7, 11) is -2.25. The van der Waals surface area contributed by atoms with Gasteiger partial charge in [-0.15, -0.1) is 0 Å². The van der Waals surface area contributed by atoms with Crippen molar-refractivity contribution in [3.8, 4) is 5.75 Å². The van der Waals surface area contributed by atoms with Crippen molar-refractivity contribution >= 4 is 21.7 Å². The molecule has 6 nitrogen and oxygen atoms in total.